The van der Waals surface area contributed by atoms with Crippen molar-refractivity contribution in [3.63, 3.8) is 0 Å². The number of hydrogen-bond acceptors (Lipinski definition) is 7. The van der Waals surface area contributed by atoms with Gasteiger partial charge in [-0.2, -0.15) is 4.31 Å². The fourth-order valence-corrected chi connectivity index (χ4v) is 4.80. The molecule has 4 rings (SSSR count). The first-order valence-corrected chi connectivity index (χ1v) is 12.0. The van der Waals surface area contributed by atoms with E-state index < -0.39 is 10.0 Å². The SMILES string of the molecule is CN=C(NCc1ccc(OCC2CC2)nc1)N1CCN(S(=O)(=O)Cc2ccon2)CC1.I. The Labute approximate surface area is 205 Å². The maximum absolute atomic E-state index is 12.6. The predicted molar refractivity (Wildman–Crippen MR) is 130 cm³/mol. The second-order valence-corrected chi connectivity index (χ2v) is 9.76. The van der Waals surface area contributed by atoms with Crippen LogP contribution in [0.1, 0.15) is 24.1 Å². The fourth-order valence-electron chi connectivity index (χ4n) is 3.37. The number of ether oxygens (including phenoxy) is 1. The summed E-state index contributed by atoms with van der Waals surface area (Å²) >= 11 is 0. The van der Waals surface area contributed by atoms with Crippen LogP contribution in [0.25, 0.3) is 0 Å². The van der Waals surface area contributed by atoms with Crippen LogP contribution in [0.4, 0.5) is 0 Å². The van der Waals surface area contributed by atoms with Gasteiger partial charge < -0.3 is 19.5 Å². The fraction of sp³-hybridized carbons (Fsp3) is 0.550. The maximum atomic E-state index is 12.6. The summed E-state index contributed by atoms with van der Waals surface area (Å²) in [5.74, 6) is 1.94. The average molecular weight is 576 g/mol. The molecule has 0 atom stereocenters. The number of piperazine rings is 1. The molecular weight excluding hydrogens is 547 g/mol. The van der Waals surface area contributed by atoms with E-state index in [2.05, 4.69) is 25.3 Å². The van der Waals surface area contributed by atoms with E-state index in [4.69, 9.17) is 9.26 Å². The second-order valence-electron chi connectivity index (χ2n) is 7.79. The van der Waals surface area contributed by atoms with Gasteiger partial charge in [-0.3, -0.25) is 4.99 Å². The normalized spacial score (nSPS) is 17.7. The van der Waals surface area contributed by atoms with Crippen LogP contribution in [0.3, 0.4) is 0 Å². The average Bonchev–Trinajstić information content (AvgIpc) is 3.48. The van der Waals surface area contributed by atoms with Gasteiger partial charge in [0, 0.05) is 58.1 Å². The van der Waals surface area contributed by atoms with Gasteiger partial charge in [0.05, 0.1) is 12.3 Å². The number of sulfonamides is 1. The van der Waals surface area contributed by atoms with Crippen LogP contribution >= 0.6 is 24.0 Å². The molecule has 0 amide bonds. The van der Waals surface area contributed by atoms with Crippen molar-refractivity contribution in [1.82, 2.24) is 24.7 Å². The quantitative estimate of drug-likeness (QED) is 0.287. The summed E-state index contributed by atoms with van der Waals surface area (Å²) < 4.78 is 37.1. The number of aliphatic imine (C=N–C) groups is 1. The molecular formula is C20H29IN6O4S. The van der Waals surface area contributed by atoms with Gasteiger partial charge in [-0.1, -0.05) is 11.2 Å². The topological polar surface area (TPSA) is 113 Å². The number of nitrogens with one attached hydrogen (secondary N) is 1. The lowest BCUT2D eigenvalue weighted by Crippen LogP contribution is -2.53. The molecule has 1 aliphatic carbocycles. The van der Waals surface area contributed by atoms with Gasteiger partial charge in [0.1, 0.15) is 12.0 Å². The van der Waals surface area contributed by atoms with E-state index in [0.29, 0.717) is 50.2 Å². The molecule has 1 saturated heterocycles. The van der Waals surface area contributed by atoms with Crippen LogP contribution in [-0.2, 0) is 22.3 Å². The highest BCUT2D eigenvalue weighted by molar-refractivity contribution is 14.0. The van der Waals surface area contributed by atoms with Crippen LogP contribution in [0, 0.1) is 5.92 Å². The molecule has 0 bridgehead atoms. The second kappa shape index (κ2) is 11.3. The molecule has 1 aliphatic heterocycles. The van der Waals surface area contributed by atoms with Crippen molar-refractivity contribution in [3.8, 4) is 5.88 Å². The summed E-state index contributed by atoms with van der Waals surface area (Å²) in [6.07, 6.45) is 5.69. The summed E-state index contributed by atoms with van der Waals surface area (Å²) in [5.41, 5.74) is 1.44. The molecule has 2 aromatic rings. The maximum Gasteiger partial charge on any atom is 0.220 e. The van der Waals surface area contributed by atoms with E-state index in [0.717, 1.165) is 18.1 Å². The first kappa shape index (κ1) is 24.7. The highest BCUT2D eigenvalue weighted by atomic mass is 127. The number of pyridine rings is 1. The summed E-state index contributed by atoms with van der Waals surface area (Å²) in [7, 11) is -1.70. The molecule has 12 heteroatoms. The van der Waals surface area contributed by atoms with Crippen LogP contribution in [0.5, 0.6) is 5.88 Å². The van der Waals surface area contributed by atoms with E-state index in [-0.39, 0.29) is 29.7 Å². The molecule has 0 spiro atoms. The molecule has 2 aromatic heterocycles. The molecule has 176 valence electrons. The summed E-state index contributed by atoms with van der Waals surface area (Å²) in [6.45, 7) is 3.24. The van der Waals surface area contributed by atoms with Gasteiger partial charge in [-0.15, -0.1) is 24.0 Å². The van der Waals surface area contributed by atoms with E-state index in [1.54, 1.807) is 19.3 Å². The van der Waals surface area contributed by atoms with Crippen LogP contribution in [-0.4, -0.2) is 73.6 Å². The third-order valence-electron chi connectivity index (χ3n) is 5.38. The standard InChI is InChI=1S/C20H28N6O4S.HI/c1-21-20(23-13-17-4-5-19(22-12-17)29-14-16-2-3-16)25-7-9-26(10-8-25)31(27,28)15-18-6-11-30-24-18;/h4-6,11-12,16H,2-3,7-10,13-15H2,1H3,(H,21,23);1H. The van der Waals surface area contributed by atoms with Crippen molar-refractivity contribution in [3.05, 3.63) is 41.9 Å². The number of rotatable bonds is 8. The van der Waals surface area contributed by atoms with Gasteiger partial charge in [0.25, 0.3) is 0 Å². The lowest BCUT2D eigenvalue weighted by Gasteiger charge is -2.35. The molecule has 3 heterocycles. The zero-order valence-corrected chi connectivity index (χ0v) is 21.2. The van der Waals surface area contributed by atoms with Gasteiger partial charge in [0.15, 0.2) is 5.96 Å². The van der Waals surface area contributed by atoms with Crippen molar-refractivity contribution >= 4 is 40.0 Å². The van der Waals surface area contributed by atoms with Crippen LogP contribution in [0.2, 0.25) is 0 Å². The summed E-state index contributed by atoms with van der Waals surface area (Å²) in [5, 5.41) is 7.03. The van der Waals surface area contributed by atoms with Crippen molar-refractivity contribution in [2.24, 2.45) is 10.9 Å². The van der Waals surface area contributed by atoms with Crippen LogP contribution < -0.4 is 10.1 Å². The predicted octanol–water partition coefficient (Wildman–Crippen LogP) is 1.70. The van der Waals surface area contributed by atoms with Gasteiger partial charge in [-0.05, 0) is 24.3 Å². The Bertz CT molecular complexity index is 972. The Hall–Kier alpha value is -1.93. The summed E-state index contributed by atoms with van der Waals surface area (Å²) in [6, 6.07) is 5.45. The van der Waals surface area contributed by atoms with Gasteiger partial charge in [0.2, 0.25) is 15.9 Å². The summed E-state index contributed by atoms with van der Waals surface area (Å²) in [4.78, 5) is 10.8. The molecule has 2 aliphatic rings. The molecule has 10 nitrogen and oxygen atoms in total. The monoisotopic (exact) mass is 576 g/mol. The third-order valence-corrected chi connectivity index (χ3v) is 7.19. The van der Waals surface area contributed by atoms with Crippen LogP contribution in [0.15, 0.2) is 40.2 Å². The van der Waals surface area contributed by atoms with E-state index in [1.165, 1.54) is 23.4 Å². The van der Waals surface area contributed by atoms with Gasteiger partial charge >= 0.3 is 0 Å². The number of hydrogen-bond donors (Lipinski definition) is 1. The lowest BCUT2D eigenvalue weighted by atomic mass is 10.3. The highest BCUT2D eigenvalue weighted by Crippen LogP contribution is 2.29. The molecule has 1 saturated carbocycles. The Morgan fingerprint density at radius 1 is 1.25 bits per heavy atom. The first-order valence-electron chi connectivity index (χ1n) is 10.4. The van der Waals surface area contributed by atoms with E-state index >= 15 is 0 Å². The van der Waals surface area contributed by atoms with Crippen molar-refractivity contribution in [2.45, 2.75) is 25.1 Å². The molecule has 2 fully saturated rings. The number of nitrogens with zero attached hydrogens (tertiary/aromatic N) is 5. The van der Waals surface area contributed by atoms with E-state index in [9.17, 15) is 8.42 Å². The minimum Gasteiger partial charge on any atom is -0.477 e. The number of aromatic nitrogens is 2. The lowest BCUT2D eigenvalue weighted by molar-refractivity contribution is 0.259. The largest absolute Gasteiger partial charge is 0.477 e. The van der Waals surface area contributed by atoms with E-state index in [1.807, 2.05) is 12.1 Å². The first-order chi connectivity index (χ1) is 15.0. The zero-order valence-electron chi connectivity index (χ0n) is 18.0. The molecule has 1 N–H and O–H groups in total. The number of guanidine groups is 1. The smallest absolute Gasteiger partial charge is 0.220 e. The Morgan fingerprint density at radius 2 is 2.03 bits per heavy atom. The van der Waals surface area contributed by atoms with Crippen molar-refractivity contribution < 1.29 is 17.7 Å². The van der Waals surface area contributed by atoms with Gasteiger partial charge in [-0.25, -0.2) is 13.4 Å². The molecule has 0 aromatic carbocycles. The minimum atomic E-state index is -3.42. The Kier molecular flexibility index (Phi) is 8.71. The zero-order chi connectivity index (χ0) is 21.7. The minimum absolute atomic E-state index is 0. The van der Waals surface area contributed by atoms with Crippen molar-refractivity contribution in [1.29, 1.82) is 0 Å². The highest BCUT2D eigenvalue weighted by Gasteiger charge is 2.29. The third kappa shape index (κ3) is 6.78. The molecule has 0 radical (unpaired) electrons. The van der Waals surface area contributed by atoms with Crippen molar-refractivity contribution in [2.75, 3.05) is 39.8 Å². The number of halogens is 1. The molecule has 0 unspecified atom stereocenters. The Balaban J connectivity index is 0.00000289. The Morgan fingerprint density at radius 3 is 2.62 bits per heavy atom. The molecule has 32 heavy (non-hydrogen) atoms.